The van der Waals surface area contributed by atoms with Crippen LogP contribution in [0.3, 0.4) is 0 Å². The summed E-state index contributed by atoms with van der Waals surface area (Å²) in [5.74, 6) is -0.139. The first-order valence-electron chi connectivity index (χ1n) is 8.36. The minimum absolute atomic E-state index is 0.139. The second-order valence-electron chi connectivity index (χ2n) is 6.14. The summed E-state index contributed by atoms with van der Waals surface area (Å²) in [5, 5.41) is 1.58. The van der Waals surface area contributed by atoms with E-state index in [2.05, 4.69) is 4.98 Å². The van der Waals surface area contributed by atoms with E-state index in [1.165, 1.54) is 0 Å². The molecule has 0 aliphatic heterocycles. The molecule has 3 nitrogen and oxygen atoms in total. The van der Waals surface area contributed by atoms with Crippen LogP contribution < -0.4 is 0 Å². The number of carbonyl (C=O) groups is 1. The Bertz CT molecular complexity index is 947. The van der Waals surface area contributed by atoms with Crippen LogP contribution in [0.2, 0.25) is 15.1 Å². The first kappa shape index (κ1) is 19.7. The lowest BCUT2D eigenvalue weighted by atomic mass is 10.1. The number of hydrogen-bond acceptors (Lipinski definition) is 2. The molecular formula is C21H17Cl3N2O. The van der Waals surface area contributed by atoms with E-state index in [9.17, 15) is 4.79 Å². The van der Waals surface area contributed by atoms with Crippen molar-refractivity contribution < 1.29 is 4.79 Å². The molecule has 0 unspecified atom stereocenters. The van der Waals surface area contributed by atoms with E-state index in [1.54, 1.807) is 53.7 Å². The normalized spacial score (nSPS) is 11.9. The highest BCUT2D eigenvalue weighted by molar-refractivity contribution is 6.35. The molecule has 0 radical (unpaired) electrons. The largest absolute Gasteiger partial charge is 0.327 e. The minimum atomic E-state index is -0.211. The molecule has 3 aromatic rings. The van der Waals surface area contributed by atoms with Gasteiger partial charge in [-0.25, -0.2) is 0 Å². The predicted octanol–water partition coefficient (Wildman–Crippen LogP) is 6.45. The monoisotopic (exact) mass is 418 g/mol. The average Bonchev–Trinajstić information content (AvgIpc) is 2.67. The van der Waals surface area contributed by atoms with Crippen LogP contribution in [0.4, 0.5) is 0 Å². The summed E-state index contributed by atoms with van der Waals surface area (Å²) in [5.41, 5.74) is 2.26. The fraction of sp³-hybridized carbons (Fsp3) is 0.143. The third kappa shape index (κ3) is 4.81. The van der Waals surface area contributed by atoms with Gasteiger partial charge < -0.3 is 4.90 Å². The molecule has 1 aromatic heterocycles. The number of hydrogen-bond donors (Lipinski definition) is 0. The fourth-order valence-electron chi connectivity index (χ4n) is 2.81. The van der Waals surface area contributed by atoms with Gasteiger partial charge in [-0.2, -0.15) is 0 Å². The standard InChI is InChI=1S/C21H17Cl3N2O/c1-14(16-5-3-9-25-12-16)26(13-17-7-8-19(23)11-20(17)24)21(27)15-4-2-6-18(22)10-15/h2-12,14H,13H2,1H3/t14-/m0/s1. The summed E-state index contributed by atoms with van der Waals surface area (Å²) in [6.45, 7) is 2.29. The van der Waals surface area contributed by atoms with Gasteiger partial charge in [0.2, 0.25) is 0 Å². The maximum Gasteiger partial charge on any atom is 0.254 e. The van der Waals surface area contributed by atoms with Gasteiger partial charge in [-0.1, -0.05) is 53.0 Å². The Labute approximate surface area is 173 Å². The van der Waals surface area contributed by atoms with Crippen molar-refractivity contribution in [2.45, 2.75) is 19.5 Å². The van der Waals surface area contributed by atoms with Crippen LogP contribution in [-0.2, 0) is 6.54 Å². The van der Waals surface area contributed by atoms with Gasteiger partial charge in [0.15, 0.2) is 0 Å². The SMILES string of the molecule is C[C@@H](c1cccnc1)N(Cc1ccc(Cl)cc1Cl)C(=O)c1cccc(Cl)c1. The van der Waals surface area contributed by atoms with E-state index in [4.69, 9.17) is 34.8 Å². The Morgan fingerprint density at radius 2 is 1.81 bits per heavy atom. The fourth-order valence-corrected chi connectivity index (χ4v) is 3.47. The van der Waals surface area contributed by atoms with Crippen molar-refractivity contribution in [1.29, 1.82) is 0 Å². The zero-order chi connectivity index (χ0) is 19.4. The highest BCUT2D eigenvalue weighted by Crippen LogP contribution is 2.28. The zero-order valence-electron chi connectivity index (χ0n) is 14.6. The minimum Gasteiger partial charge on any atom is -0.327 e. The molecule has 0 bridgehead atoms. The Balaban J connectivity index is 1.99. The number of amides is 1. The summed E-state index contributed by atoms with van der Waals surface area (Å²) in [7, 11) is 0. The van der Waals surface area contributed by atoms with E-state index in [0.29, 0.717) is 27.2 Å². The molecule has 2 aromatic carbocycles. The van der Waals surface area contributed by atoms with Crippen LogP contribution in [0.15, 0.2) is 67.0 Å². The van der Waals surface area contributed by atoms with Crippen LogP contribution in [0.5, 0.6) is 0 Å². The van der Waals surface area contributed by atoms with Crippen LogP contribution in [0.1, 0.15) is 34.5 Å². The quantitative estimate of drug-likeness (QED) is 0.476. The zero-order valence-corrected chi connectivity index (χ0v) is 16.8. The van der Waals surface area contributed by atoms with Gasteiger partial charge in [-0.05, 0) is 54.4 Å². The summed E-state index contributed by atoms with van der Waals surface area (Å²) >= 11 is 18.4. The number of aromatic nitrogens is 1. The van der Waals surface area contributed by atoms with Crippen molar-refractivity contribution in [1.82, 2.24) is 9.88 Å². The van der Waals surface area contributed by atoms with Crippen molar-refractivity contribution >= 4 is 40.7 Å². The van der Waals surface area contributed by atoms with Gasteiger partial charge in [0.1, 0.15) is 0 Å². The smallest absolute Gasteiger partial charge is 0.254 e. The lowest BCUT2D eigenvalue weighted by molar-refractivity contribution is 0.0674. The summed E-state index contributed by atoms with van der Waals surface area (Å²) < 4.78 is 0. The number of pyridine rings is 1. The molecule has 27 heavy (non-hydrogen) atoms. The molecule has 0 N–H and O–H groups in total. The summed E-state index contributed by atoms with van der Waals surface area (Å²) in [6.07, 6.45) is 3.46. The van der Waals surface area contributed by atoms with E-state index >= 15 is 0 Å². The molecule has 138 valence electrons. The van der Waals surface area contributed by atoms with Gasteiger partial charge in [0.05, 0.1) is 6.04 Å². The third-order valence-electron chi connectivity index (χ3n) is 4.32. The van der Waals surface area contributed by atoms with Crippen molar-refractivity contribution in [3.05, 3.63) is 98.7 Å². The molecule has 0 saturated heterocycles. The van der Waals surface area contributed by atoms with Crippen molar-refractivity contribution in [3.63, 3.8) is 0 Å². The van der Waals surface area contributed by atoms with Crippen LogP contribution in [0.25, 0.3) is 0 Å². The van der Waals surface area contributed by atoms with Crippen molar-refractivity contribution in [2.24, 2.45) is 0 Å². The second-order valence-corrected chi connectivity index (χ2v) is 7.42. The maximum atomic E-state index is 13.3. The highest BCUT2D eigenvalue weighted by Gasteiger charge is 2.24. The van der Waals surface area contributed by atoms with Crippen LogP contribution in [-0.4, -0.2) is 15.8 Å². The van der Waals surface area contributed by atoms with Crippen molar-refractivity contribution in [2.75, 3.05) is 0 Å². The van der Waals surface area contributed by atoms with E-state index in [0.717, 1.165) is 11.1 Å². The van der Waals surface area contributed by atoms with Gasteiger partial charge in [-0.15, -0.1) is 0 Å². The maximum absolute atomic E-state index is 13.3. The number of benzene rings is 2. The molecule has 0 aliphatic carbocycles. The highest BCUT2D eigenvalue weighted by atomic mass is 35.5. The number of rotatable bonds is 5. The third-order valence-corrected chi connectivity index (χ3v) is 5.14. The molecule has 1 heterocycles. The van der Waals surface area contributed by atoms with Gasteiger partial charge >= 0.3 is 0 Å². The van der Waals surface area contributed by atoms with E-state index in [-0.39, 0.29) is 11.9 Å². The average molecular weight is 420 g/mol. The van der Waals surface area contributed by atoms with E-state index < -0.39 is 0 Å². The van der Waals surface area contributed by atoms with Gasteiger partial charge in [0, 0.05) is 39.6 Å². The molecule has 1 amide bonds. The van der Waals surface area contributed by atoms with Gasteiger partial charge in [0.25, 0.3) is 5.91 Å². The molecule has 0 saturated carbocycles. The molecule has 0 fully saturated rings. The molecule has 1 atom stereocenters. The predicted molar refractivity (Wildman–Crippen MR) is 110 cm³/mol. The number of halogens is 3. The second kappa shape index (κ2) is 8.75. The van der Waals surface area contributed by atoms with Crippen molar-refractivity contribution in [3.8, 4) is 0 Å². The summed E-state index contributed by atoms with van der Waals surface area (Å²) in [6, 6.07) is 15.8. The Hall–Kier alpha value is -2.07. The Kier molecular flexibility index (Phi) is 6.38. The lowest BCUT2D eigenvalue weighted by Gasteiger charge is -2.30. The molecule has 3 rings (SSSR count). The first-order chi connectivity index (χ1) is 13.0. The summed E-state index contributed by atoms with van der Waals surface area (Å²) in [4.78, 5) is 19.2. The topological polar surface area (TPSA) is 33.2 Å². The number of carbonyl (C=O) groups excluding carboxylic acids is 1. The van der Waals surface area contributed by atoms with E-state index in [1.807, 2.05) is 25.1 Å². The Morgan fingerprint density at radius 1 is 1.04 bits per heavy atom. The Morgan fingerprint density at radius 3 is 2.48 bits per heavy atom. The lowest BCUT2D eigenvalue weighted by Crippen LogP contribution is -2.33. The molecule has 0 aliphatic rings. The van der Waals surface area contributed by atoms with Crippen LogP contribution in [0, 0.1) is 0 Å². The molecule has 6 heteroatoms. The number of nitrogens with zero attached hydrogens (tertiary/aromatic N) is 2. The first-order valence-corrected chi connectivity index (χ1v) is 9.49. The molecular weight excluding hydrogens is 403 g/mol. The molecule has 0 spiro atoms. The van der Waals surface area contributed by atoms with Crippen LogP contribution >= 0.6 is 34.8 Å². The van der Waals surface area contributed by atoms with Gasteiger partial charge in [-0.3, -0.25) is 9.78 Å².